The predicted molar refractivity (Wildman–Crippen MR) is 234 cm³/mol. The number of unbranched alkanes of at least 4 members (excludes halogenated alkanes) is 6. The van der Waals surface area contributed by atoms with Crippen LogP contribution in [0.2, 0.25) is 19.6 Å². The van der Waals surface area contributed by atoms with Gasteiger partial charge in [0.25, 0.3) is 0 Å². The van der Waals surface area contributed by atoms with Crippen LogP contribution in [0.1, 0.15) is 92.3 Å². The van der Waals surface area contributed by atoms with Gasteiger partial charge < -0.3 is 5.11 Å². The second-order valence-electron chi connectivity index (χ2n) is 15.8. The lowest BCUT2D eigenvalue weighted by atomic mass is 9.91. The number of carboxylic acids is 1. The number of aryl methyl sites for hydroxylation is 2. The highest BCUT2D eigenvalue weighted by atomic mass is 28.3. The Bertz CT molecular complexity index is 2140. The van der Waals surface area contributed by atoms with Gasteiger partial charge in [0.1, 0.15) is 25.1 Å². The molecule has 1 N–H and O–H groups in total. The Kier molecular flexibility index (Phi) is 12.5. The number of hydrogen-bond donors (Lipinski definition) is 1. The SMILES string of the molecule is CCCCCCc1ccc([N+](c2ccc(CCCCCC)cc2)(c2ccc(C(=O)O)cc2)c2c3ccccc3c(C#C[Si](C)(C)C)c3ccccc23)cc1. The molecule has 0 atom stereocenters. The van der Waals surface area contributed by atoms with E-state index in [1.165, 1.54) is 62.5 Å². The van der Waals surface area contributed by atoms with Gasteiger partial charge in [-0.15, -0.1) is 5.54 Å². The highest BCUT2D eigenvalue weighted by Gasteiger charge is 2.42. The fourth-order valence-corrected chi connectivity index (χ4v) is 8.30. The largest absolute Gasteiger partial charge is 0.478 e. The van der Waals surface area contributed by atoms with Crippen molar-refractivity contribution in [1.82, 2.24) is 4.48 Å². The molecule has 0 saturated heterocycles. The van der Waals surface area contributed by atoms with E-state index in [0.29, 0.717) is 0 Å². The average molecular weight is 731 g/mol. The van der Waals surface area contributed by atoms with Gasteiger partial charge in [-0.05, 0) is 61.1 Å². The fourth-order valence-electron chi connectivity index (χ4n) is 7.80. The molecule has 6 aromatic carbocycles. The van der Waals surface area contributed by atoms with Crippen molar-refractivity contribution in [2.75, 3.05) is 0 Å². The Morgan fingerprint density at radius 1 is 0.556 bits per heavy atom. The van der Waals surface area contributed by atoms with Crippen molar-refractivity contribution in [3.05, 3.63) is 144 Å². The highest BCUT2D eigenvalue weighted by Crippen LogP contribution is 2.56. The lowest BCUT2D eigenvalue weighted by Crippen LogP contribution is -2.34. The first-order valence-electron chi connectivity index (χ1n) is 20.1. The van der Waals surface area contributed by atoms with Crippen LogP contribution in [-0.2, 0) is 12.8 Å². The van der Waals surface area contributed by atoms with Gasteiger partial charge in [0.15, 0.2) is 5.69 Å². The maximum Gasteiger partial charge on any atom is 0.335 e. The van der Waals surface area contributed by atoms with E-state index in [2.05, 4.69) is 142 Å². The number of carboxylic acid groups (broad SMARTS) is 1. The molecule has 4 heteroatoms. The molecule has 0 radical (unpaired) electrons. The Hall–Kier alpha value is -4.95. The molecule has 0 amide bonds. The van der Waals surface area contributed by atoms with Crippen molar-refractivity contribution < 1.29 is 9.90 Å². The zero-order valence-corrected chi connectivity index (χ0v) is 33.9. The standard InChI is InChI=1S/C50H55NO2Si/c1-6-8-10-12-18-38-24-30-41(31-25-38)51(43-34-28-40(29-35-43)50(52)53,42-32-26-39(27-33-42)19-13-11-9-7-2)49-47-22-16-14-20-44(47)46(36-37-54(3,4)5)45-21-15-17-23-48(45)49/h14-17,20-35H,6-13,18-19H2,1-5H3/p+1. The molecular weight excluding hydrogens is 675 g/mol. The van der Waals surface area contributed by atoms with Crippen LogP contribution in [0.15, 0.2) is 121 Å². The summed E-state index contributed by atoms with van der Waals surface area (Å²) in [6, 6.07) is 43.5. The molecular formula is C50H56NO2Si+. The summed E-state index contributed by atoms with van der Waals surface area (Å²) in [5, 5.41) is 14.5. The molecule has 0 heterocycles. The number of fused-ring (bicyclic) bond motifs is 2. The molecule has 0 bridgehead atoms. The van der Waals surface area contributed by atoms with E-state index in [1.54, 1.807) is 12.1 Å². The van der Waals surface area contributed by atoms with Crippen molar-refractivity contribution in [3.63, 3.8) is 0 Å². The van der Waals surface area contributed by atoms with E-state index in [1.807, 2.05) is 12.1 Å². The molecule has 0 aliphatic rings. The quantitative estimate of drug-likeness (QED) is 0.0375. The Labute approximate surface area is 324 Å². The zero-order valence-electron chi connectivity index (χ0n) is 32.9. The molecule has 276 valence electrons. The Morgan fingerprint density at radius 2 is 0.963 bits per heavy atom. The predicted octanol–water partition coefficient (Wildman–Crippen LogP) is 14.5. The molecule has 0 saturated carbocycles. The topological polar surface area (TPSA) is 37.3 Å². The maximum absolute atomic E-state index is 12.2. The summed E-state index contributed by atoms with van der Waals surface area (Å²) in [6.45, 7) is 11.4. The van der Waals surface area contributed by atoms with Crippen molar-refractivity contribution in [3.8, 4) is 11.5 Å². The fraction of sp³-hybridized carbons (Fsp3) is 0.300. The van der Waals surface area contributed by atoms with Crippen LogP contribution < -0.4 is 4.48 Å². The first kappa shape index (κ1) is 38.8. The minimum atomic E-state index is -1.69. The lowest BCUT2D eigenvalue weighted by molar-refractivity contribution is 0.0697. The number of carbonyl (C=O) groups is 1. The number of hydrogen-bond acceptors (Lipinski definition) is 1. The minimum absolute atomic E-state index is 0.272. The molecule has 0 aromatic heterocycles. The van der Waals surface area contributed by atoms with Crippen molar-refractivity contribution in [1.29, 1.82) is 0 Å². The highest BCUT2D eigenvalue weighted by molar-refractivity contribution is 6.84. The number of nitrogens with zero attached hydrogens (tertiary/aromatic N) is 1. The Morgan fingerprint density at radius 3 is 1.35 bits per heavy atom. The van der Waals surface area contributed by atoms with E-state index in [0.717, 1.165) is 62.7 Å². The number of rotatable bonds is 15. The number of quaternary nitrogens is 1. The molecule has 6 aromatic rings. The van der Waals surface area contributed by atoms with Gasteiger partial charge in [-0.25, -0.2) is 4.79 Å². The summed E-state index contributed by atoms with van der Waals surface area (Å²) in [4.78, 5) is 12.2. The van der Waals surface area contributed by atoms with Crippen LogP contribution in [0, 0.1) is 11.5 Å². The molecule has 0 spiro atoms. The Balaban J connectivity index is 1.71. The van der Waals surface area contributed by atoms with Gasteiger partial charge in [0.05, 0.1) is 5.56 Å². The van der Waals surface area contributed by atoms with Gasteiger partial charge in [-0.2, -0.15) is 4.48 Å². The third-order valence-corrected chi connectivity index (χ3v) is 11.5. The average Bonchev–Trinajstić information content (AvgIpc) is 3.18. The van der Waals surface area contributed by atoms with Crippen molar-refractivity contribution in [2.24, 2.45) is 0 Å². The molecule has 0 aliphatic carbocycles. The van der Waals surface area contributed by atoms with Crippen LogP contribution in [0.3, 0.4) is 0 Å². The summed E-state index contributed by atoms with van der Waals surface area (Å²) in [5.41, 5.74) is 12.0. The van der Waals surface area contributed by atoms with Crippen LogP contribution in [0.5, 0.6) is 0 Å². The van der Waals surface area contributed by atoms with E-state index in [-0.39, 0.29) is 10.0 Å². The molecule has 0 aliphatic heterocycles. The third-order valence-electron chi connectivity index (χ3n) is 10.6. The number of benzene rings is 6. The monoisotopic (exact) mass is 730 g/mol. The second kappa shape index (κ2) is 17.5. The number of aromatic carboxylic acids is 1. The molecule has 0 fully saturated rings. The molecule has 3 nitrogen and oxygen atoms in total. The van der Waals surface area contributed by atoms with Crippen LogP contribution in [0.4, 0.5) is 22.7 Å². The summed E-state index contributed by atoms with van der Waals surface area (Å²) in [6.07, 6.45) is 11.9. The van der Waals surface area contributed by atoms with Gasteiger partial charge in [0.2, 0.25) is 0 Å². The molecule has 54 heavy (non-hydrogen) atoms. The van der Waals surface area contributed by atoms with Gasteiger partial charge in [-0.1, -0.05) is 139 Å². The van der Waals surface area contributed by atoms with E-state index < -0.39 is 14.0 Å². The summed E-state index contributed by atoms with van der Waals surface area (Å²) in [7, 11) is -1.69. The van der Waals surface area contributed by atoms with Gasteiger partial charge in [-0.3, -0.25) is 0 Å². The van der Waals surface area contributed by atoms with E-state index >= 15 is 0 Å². The second-order valence-corrected chi connectivity index (χ2v) is 20.5. The van der Waals surface area contributed by atoms with Crippen LogP contribution >= 0.6 is 0 Å². The van der Waals surface area contributed by atoms with Crippen molar-refractivity contribution in [2.45, 2.75) is 97.7 Å². The molecule has 0 unspecified atom stereocenters. The lowest BCUT2D eigenvalue weighted by Gasteiger charge is -2.39. The van der Waals surface area contributed by atoms with E-state index in [4.69, 9.17) is 0 Å². The summed E-state index contributed by atoms with van der Waals surface area (Å²) >= 11 is 0. The summed E-state index contributed by atoms with van der Waals surface area (Å²) < 4.78 is 0.287. The smallest absolute Gasteiger partial charge is 0.335 e. The first-order valence-corrected chi connectivity index (χ1v) is 23.6. The van der Waals surface area contributed by atoms with Crippen molar-refractivity contribution >= 4 is 58.3 Å². The maximum atomic E-state index is 12.2. The first-order chi connectivity index (χ1) is 26.2. The minimum Gasteiger partial charge on any atom is -0.478 e. The van der Waals surface area contributed by atoms with E-state index in [9.17, 15) is 9.90 Å². The normalized spacial score (nSPS) is 11.8. The summed E-state index contributed by atoms with van der Waals surface area (Å²) in [5.74, 6) is 2.77. The van der Waals surface area contributed by atoms with Gasteiger partial charge in [0, 0.05) is 63.5 Å². The zero-order chi connectivity index (χ0) is 38.1. The van der Waals surface area contributed by atoms with Gasteiger partial charge >= 0.3 is 5.97 Å². The van der Waals surface area contributed by atoms with Crippen LogP contribution in [0.25, 0.3) is 21.5 Å². The third kappa shape index (κ3) is 8.39. The molecule has 6 rings (SSSR count). The van der Waals surface area contributed by atoms with Crippen LogP contribution in [-0.4, -0.2) is 19.1 Å².